The van der Waals surface area contributed by atoms with Crippen molar-refractivity contribution in [3.05, 3.63) is 29.8 Å². The first-order valence-electron chi connectivity index (χ1n) is 5.70. The molecule has 2 N–H and O–H groups in total. The largest absolute Gasteiger partial charge is 0.416 e. The molecule has 0 aliphatic rings. The van der Waals surface area contributed by atoms with Gasteiger partial charge in [0.2, 0.25) is 0 Å². The molecule has 0 aromatic heterocycles. The third-order valence-electron chi connectivity index (χ3n) is 2.60. The van der Waals surface area contributed by atoms with Gasteiger partial charge in [0.25, 0.3) is 0 Å². The molecule has 1 aromatic rings. The third kappa shape index (κ3) is 3.91. The van der Waals surface area contributed by atoms with Crippen molar-refractivity contribution in [3.63, 3.8) is 0 Å². The smallest absolute Gasteiger partial charge is 0.382 e. The zero-order chi connectivity index (χ0) is 14.0. The van der Waals surface area contributed by atoms with E-state index in [1.807, 2.05) is 32.9 Å². The van der Waals surface area contributed by atoms with Crippen LogP contribution in [0.25, 0.3) is 0 Å². The zero-order valence-corrected chi connectivity index (χ0v) is 10.7. The first kappa shape index (κ1) is 14.8. The van der Waals surface area contributed by atoms with Gasteiger partial charge in [-0.2, -0.15) is 13.2 Å². The minimum absolute atomic E-state index is 0.174. The summed E-state index contributed by atoms with van der Waals surface area (Å²) < 4.78 is 36.6. The first-order chi connectivity index (χ1) is 8.12. The molecule has 102 valence electrons. The van der Waals surface area contributed by atoms with E-state index in [1.54, 1.807) is 12.1 Å². The van der Waals surface area contributed by atoms with Crippen molar-refractivity contribution in [2.45, 2.75) is 38.5 Å². The van der Waals surface area contributed by atoms with Crippen LogP contribution in [0, 0.1) is 0 Å². The number of anilines is 1. The molecule has 0 fully saturated rings. The first-order valence-corrected chi connectivity index (χ1v) is 5.70. The summed E-state index contributed by atoms with van der Waals surface area (Å²) in [5.41, 5.74) is 1.36. The van der Waals surface area contributed by atoms with Crippen molar-refractivity contribution in [3.8, 4) is 0 Å². The van der Waals surface area contributed by atoms with Crippen molar-refractivity contribution < 1.29 is 18.3 Å². The van der Waals surface area contributed by atoms with Crippen LogP contribution in [-0.2, 0) is 5.41 Å². The van der Waals surface area contributed by atoms with Crippen LogP contribution in [0.3, 0.4) is 0 Å². The lowest BCUT2D eigenvalue weighted by molar-refractivity contribution is -0.198. The second kappa shape index (κ2) is 5.18. The fraction of sp³-hybridized carbons (Fsp3) is 0.538. The second-order valence-electron chi connectivity index (χ2n) is 5.23. The van der Waals surface area contributed by atoms with Gasteiger partial charge in [-0.3, -0.25) is 0 Å². The van der Waals surface area contributed by atoms with E-state index in [0.29, 0.717) is 5.69 Å². The lowest BCUT2D eigenvalue weighted by Gasteiger charge is -2.24. The summed E-state index contributed by atoms with van der Waals surface area (Å²) in [7, 11) is 0. The molecule has 0 spiro atoms. The normalized spacial score (nSPS) is 14.4. The molecule has 0 saturated carbocycles. The molecular formula is C13H18F3NO. The molecule has 0 aliphatic heterocycles. The molecule has 0 amide bonds. The van der Waals surface area contributed by atoms with Crippen molar-refractivity contribution in [2.75, 3.05) is 11.9 Å². The number of benzene rings is 1. The Labute approximate surface area is 105 Å². The highest BCUT2D eigenvalue weighted by atomic mass is 19.4. The van der Waals surface area contributed by atoms with Crippen molar-refractivity contribution in [1.82, 2.24) is 0 Å². The molecule has 1 atom stereocenters. The van der Waals surface area contributed by atoms with Gasteiger partial charge >= 0.3 is 6.18 Å². The zero-order valence-electron chi connectivity index (χ0n) is 10.7. The average molecular weight is 261 g/mol. The predicted octanol–water partition coefficient (Wildman–Crippen LogP) is 3.32. The van der Waals surface area contributed by atoms with Crippen molar-refractivity contribution >= 4 is 5.69 Å². The SMILES string of the molecule is CC(C)(C)c1ccccc1NCC(O)C(F)(F)F. The summed E-state index contributed by atoms with van der Waals surface area (Å²) >= 11 is 0. The molecule has 1 rings (SSSR count). The van der Waals surface area contributed by atoms with Crippen molar-refractivity contribution in [2.24, 2.45) is 0 Å². The number of rotatable bonds is 3. The monoisotopic (exact) mass is 261 g/mol. The van der Waals surface area contributed by atoms with Crippen LogP contribution in [0.15, 0.2) is 24.3 Å². The number of hydrogen-bond acceptors (Lipinski definition) is 2. The van der Waals surface area contributed by atoms with E-state index >= 15 is 0 Å². The predicted molar refractivity (Wildman–Crippen MR) is 65.7 cm³/mol. The Hall–Kier alpha value is -1.23. The van der Waals surface area contributed by atoms with Gasteiger partial charge in [-0.25, -0.2) is 0 Å². The van der Waals surface area contributed by atoms with Gasteiger partial charge < -0.3 is 10.4 Å². The highest BCUT2D eigenvalue weighted by molar-refractivity contribution is 5.54. The van der Waals surface area contributed by atoms with Gasteiger partial charge in [-0.05, 0) is 17.0 Å². The third-order valence-corrected chi connectivity index (χ3v) is 2.60. The summed E-state index contributed by atoms with van der Waals surface area (Å²) in [5.74, 6) is 0. The number of para-hydroxylation sites is 1. The van der Waals surface area contributed by atoms with E-state index in [2.05, 4.69) is 5.32 Å². The Morgan fingerprint density at radius 1 is 1.17 bits per heavy atom. The molecule has 18 heavy (non-hydrogen) atoms. The molecule has 0 saturated heterocycles. The Kier molecular flexibility index (Phi) is 4.27. The minimum Gasteiger partial charge on any atom is -0.382 e. The van der Waals surface area contributed by atoms with Crippen LogP contribution in [0.2, 0.25) is 0 Å². The lowest BCUT2D eigenvalue weighted by Crippen LogP contribution is -2.35. The average Bonchev–Trinajstić information content (AvgIpc) is 2.23. The maximum Gasteiger partial charge on any atom is 0.416 e. The molecule has 2 nitrogen and oxygen atoms in total. The van der Waals surface area contributed by atoms with E-state index < -0.39 is 18.8 Å². The molecule has 0 radical (unpaired) electrons. The van der Waals surface area contributed by atoms with Crippen LogP contribution in [-0.4, -0.2) is 23.9 Å². The van der Waals surface area contributed by atoms with Crippen LogP contribution in [0.1, 0.15) is 26.3 Å². The summed E-state index contributed by atoms with van der Waals surface area (Å²) in [6.07, 6.45) is -6.95. The number of aliphatic hydroxyl groups is 1. The maximum atomic E-state index is 12.2. The van der Waals surface area contributed by atoms with Crippen molar-refractivity contribution in [1.29, 1.82) is 0 Å². The highest BCUT2D eigenvalue weighted by Gasteiger charge is 2.38. The van der Waals surface area contributed by atoms with E-state index in [0.717, 1.165) is 5.56 Å². The van der Waals surface area contributed by atoms with Crippen LogP contribution in [0.5, 0.6) is 0 Å². The molecular weight excluding hydrogens is 243 g/mol. The maximum absolute atomic E-state index is 12.2. The van der Waals surface area contributed by atoms with Crippen LogP contribution >= 0.6 is 0 Å². The summed E-state index contributed by atoms with van der Waals surface area (Å²) in [6.45, 7) is 5.39. The minimum atomic E-state index is -4.59. The Morgan fingerprint density at radius 3 is 2.22 bits per heavy atom. The fourth-order valence-electron chi connectivity index (χ4n) is 1.61. The van der Waals surface area contributed by atoms with Crippen LogP contribution < -0.4 is 5.32 Å². The highest BCUT2D eigenvalue weighted by Crippen LogP contribution is 2.29. The molecule has 0 aliphatic carbocycles. The summed E-state index contributed by atoms with van der Waals surface area (Å²) in [5, 5.41) is 11.6. The number of hydrogen-bond donors (Lipinski definition) is 2. The molecule has 5 heteroatoms. The van der Waals surface area contributed by atoms with E-state index in [1.165, 1.54) is 0 Å². The van der Waals surface area contributed by atoms with Gasteiger partial charge in [0.05, 0.1) is 0 Å². The molecule has 1 unspecified atom stereocenters. The summed E-state index contributed by atoms with van der Waals surface area (Å²) in [6, 6.07) is 7.16. The number of aliphatic hydroxyl groups excluding tert-OH is 1. The number of halogens is 3. The Bertz CT molecular complexity index is 396. The van der Waals surface area contributed by atoms with Gasteiger partial charge in [0, 0.05) is 12.2 Å². The van der Waals surface area contributed by atoms with Gasteiger partial charge in [-0.15, -0.1) is 0 Å². The second-order valence-corrected chi connectivity index (χ2v) is 5.23. The number of nitrogens with one attached hydrogen (secondary N) is 1. The van der Waals surface area contributed by atoms with E-state index in [4.69, 9.17) is 5.11 Å². The molecule has 0 heterocycles. The van der Waals surface area contributed by atoms with Gasteiger partial charge in [0.15, 0.2) is 6.10 Å². The van der Waals surface area contributed by atoms with Crippen LogP contribution in [0.4, 0.5) is 18.9 Å². The number of alkyl halides is 3. The van der Waals surface area contributed by atoms with Gasteiger partial charge in [-0.1, -0.05) is 39.0 Å². The Balaban J connectivity index is 2.80. The lowest BCUT2D eigenvalue weighted by atomic mass is 9.86. The van der Waals surface area contributed by atoms with E-state index in [-0.39, 0.29) is 5.41 Å². The standard InChI is InChI=1S/C13H18F3NO/c1-12(2,3)9-6-4-5-7-10(9)17-8-11(18)13(14,15)16/h4-7,11,17-18H,8H2,1-3H3. The summed E-state index contributed by atoms with van der Waals surface area (Å²) in [4.78, 5) is 0. The Morgan fingerprint density at radius 2 is 1.72 bits per heavy atom. The van der Waals surface area contributed by atoms with E-state index in [9.17, 15) is 13.2 Å². The van der Waals surface area contributed by atoms with Gasteiger partial charge in [0.1, 0.15) is 0 Å². The molecule has 1 aromatic carbocycles. The fourth-order valence-corrected chi connectivity index (χ4v) is 1.61. The quantitative estimate of drug-likeness (QED) is 0.874. The molecule has 0 bridgehead atoms. The topological polar surface area (TPSA) is 32.3 Å².